The Balaban J connectivity index is 2.01. The maximum atomic E-state index is 14.4. The van der Waals surface area contributed by atoms with Crippen LogP contribution in [0.5, 0.6) is 0 Å². The van der Waals surface area contributed by atoms with Gasteiger partial charge in [-0.05, 0) is 36.4 Å². The molecule has 0 aliphatic carbocycles. The zero-order valence-corrected chi connectivity index (χ0v) is 13.2. The van der Waals surface area contributed by atoms with E-state index in [4.69, 9.17) is 0 Å². The van der Waals surface area contributed by atoms with Crippen molar-refractivity contribution in [2.75, 3.05) is 5.32 Å². The van der Waals surface area contributed by atoms with Gasteiger partial charge >= 0.3 is 0 Å². The first-order chi connectivity index (χ1) is 12.2. The summed E-state index contributed by atoms with van der Waals surface area (Å²) < 4.78 is 15.6. The number of nitrogens with one attached hydrogen (secondary N) is 1. The van der Waals surface area contributed by atoms with Crippen LogP contribution in [0.2, 0.25) is 0 Å². The SMILES string of the molecule is O=c1c2ccccc2nc(Nc2ccccc2)n1-c1ccccc1F. The fourth-order valence-electron chi connectivity index (χ4n) is 2.72. The Kier molecular flexibility index (Phi) is 3.74. The average Bonchev–Trinajstić information content (AvgIpc) is 2.64. The normalized spacial score (nSPS) is 10.8. The van der Waals surface area contributed by atoms with Crippen LogP contribution in [0.3, 0.4) is 0 Å². The molecule has 0 amide bonds. The van der Waals surface area contributed by atoms with Gasteiger partial charge in [0, 0.05) is 5.69 Å². The number of hydrogen-bond acceptors (Lipinski definition) is 3. The van der Waals surface area contributed by atoms with Crippen molar-refractivity contribution in [1.82, 2.24) is 9.55 Å². The van der Waals surface area contributed by atoms with Gasteiger partial charge in [0.1, 0.15) is 5.82 Å². The van der Waals surface area contributed by atoms with Gasteiger partial charge in [0.15, 0.2) is 0 Å². The van der Waals surface area contributed by atoms with Gasteiger partial charge in [0.2, 0.25) is 5.95 Å². The second kappa shape index (κ2) is 6.20. The third-order valence-corrected chi connectivity index (χ3v) is 3.90. The standard InChI is InChI=1S/C20H14FN3O/c21-16-11-5-7-13-18(16)24-19(25)15-10-4-6-12-17(15)23-20(24)22-14-8-2-1-3-9-14/h1-13H,(H,22,23). The lowest BCUT2D eigenvalue weighted by Gasteiger charge is -2.15. The molecular weight excluding hydrogens is 317 g/mol. The Morgan fingerprint density at radius 3 is 2.32 bits per heavy atom. The molecule has 3 aromatic carbocycles. The summed E-state index contributed by atoms with van der Waals surface area (Å²) in [4.78, 5) is 17.5. The van der Waals surface area contributed by atoms with Gasteiger partial charge in [-0.3, -0.25) is 4.79 Å². The molecule has 0 saturated carbocycles. The zero-order valence-electron chi connectivity index (χ0n) is 13.2. The van der Waals surface area contributed by atoms with E-state index in [0.29, 0.717) is 10.9 Å². The third-order valence-electron chi connectivity index (χ3n) is 3.90. The zero-order chi connectivity index (χ0) is 17.2. The predicted octanol–water partition coefficient (Wildman–Crippen LogP) is 4.27. The molecule has 0 radical (unpaired) electrons. The lowest BCUT2D eigenvalue weighted by molar-refractivity contribution is 0.616. The van der Waals surface area contributed by atoms with Crippen LogP contribution in [0.15, 0.2) is 83.7 Å². The lowest BCUT2D eigenvalue weighted by Crippen LogP contribution is -2.23. The highest BCUT2D eigenvalue weighted by Crippen LogP contribution is 2.21. The fraction of sp³-hybridized carbons (Fsp3) is 0. The smallest absolute Gasteiger partial charge is 0.267 e. The molecule has 1 aromatic heterocycles. The molecule has 0 bridgehead atoms. The van der Waals surface area contributed by atoms with Gasteiger partial charge in [0.25, 0.3) is 5.56 Å². The first-order valence-electron chi connectivity index (χ1n) is 7.83. The number of rotatable bonds is 3. The highest BCUT2D eigenvalue weighted by molar-refractivity contribution is 5.79. The molecule has 0 unspecified atom stereocenters. The highest BCUT2D eigenvalue weighted by Gasteiger charge is 2.15. The van der Waals surface area contributed by atoms with E-state index in [2.05, 4.69) is 10.3 Å². The van der Waals surface area contributed by atoms with Crippen LogP contribution < -0.4 is 10.9 Å². The monoisotopic (exact) mass is 331 g/mol. The molecule has 1 heterocycles. The molecule has 4 rings (SSSR count). The molecule has 4 nitrogen and oxygen atoms in total. The Morgan fingerprint density at radius 1 is 0.840 bits per heavy atom. The van der Waals surface area contributed by atoms with Crippen LogP contribution in [0.25, 0.3) is 16.6 Å². The van der Waals surface area contributed by atoms with Crippen molar-refractivity contribution in [3.63, 3.8) is 0 Å². The maximum absolute atomic E-state index is 14.4. The molecule has 5 heteroatoms. The molecule has 0 fully saturated rings. The Hall–Kier alpha value is -3.47. The van der Waals surface area contributed by atoms with Crippen molar-refractivity contribution in [2.45, 2.75) is 0 Å². The van der Waals surface area contributed by atoms with Crippen molar-refractivity contribution >= 4 is 22.5 Å². The minimum Gasteiger partial charge on any atom is -0.325 e. The number of nitrogens with zero attached hydrogens (tertiary/aromatic N) is 2. The number of benzene rings is 3. The van der Waals surface area contributed by atoms with E-state index in [1.807, 2.05) is 36.4 Å². The van der Waals surface area contributed by atoms with Crippen LogP contribution >= 0.6 is 0 Å². The number of hydrogen-bond donors (Lipinski definition) is 1. The number of fused-ring (bicyclic) bond motifs is 1. The first kappa shape index (κ1) is 15.1. The number of halogens is 1. The fourth-order valence-corrected chi connectivity index (χ4v) is 2.72. The number of anilines is 2. The van der Waals surface area contributed by atoms with E-state index < -0.39 is 5.82 Å². The Morgan fingerprint density at radius 2 is 1.52 bits per heavy atom. The van der Waals surface area contributed by atoms with Gasteiger partial charge < -0.3 is 5.32 Å². The van der Waals surface area contributed by atoms with Crippen LogP contribution in [0, 0.1) is 5.82 Å². The molecule has 25 heavy (non-hydrogen) atoms. The Labute approximate surface area is 143 Å². The molecule has 122 valence electrons. The second-order valence-electron chi connectivity index (χ2n) is 5.54. The van der Waals surface area contributed by atoms with E-state index in [1.165, 1.54) is 10.6 Å². The summed E-state index contributed by atoms with van der Waals surface area (Å²) in [6, 6.07) is 22.5. The lowest BCUT2D eigenvalue weighted by atomic mass is 10.2. The molecule has 0 atom stereocenters. The number of aromatic nitrogens is 2. The summed E-state index contributed by atoms with van der Waals surface area (Å²) in [5.41, 5.74) is 1.15. The van der Waals surface area contributed by atoms with Crippen LogP contribution in [-0.4, -0.2) is 9.55 Å². The van der Waals surface area contributed by atoms with Gasteiger partial charge in [-0.1, -0.05) is 42.5 Å². The van der Waals surface area contributed by atoms with Crippen molar-refractivity contribution < 1.29 is 4.39 Å². The molecule has 1 N–H and O–H groups in total. The van der Waals surface area contributed by atoms with E-state index in [-0.39, 0.29) is 17.2 Å². The van der Waals surface area contributed by atoms with Crippen LogP contribution in [-0.2, 0) is 0 Å². The molecule has 0 aliphatic rings. The van der Waals surface area contributed by atoms with Gasteiger partial charge in [-0.25, -0.2) is 13.9 Å². The topological polar surface area (TPSA) is 46.9 Å². The second-order valence-corrected chi connectivity index (χ2v) is 5.54. The molecule has 0 spiro atoms. The largest absolute Gasteiger partial charge is 0.325 e. The van der Waals surface area contributed by atoms with E-state index in [0.717, 1.165) is 5.69 Å². The van der Waals surface area contributed by atoms with Crippen molar-refractivity contribution in [3.8, 4) is 5.69 Å². The van der Waals surface area contributed by atoms with Gasteiger partial charge in [0.05, 0.1) is 16.6 Å². The Bertz CT molecular complexity index is 1110. The van der Waals surface area contributed by atoms with Crippen LogP contribution in [0.4, 0.5) is 16.0 Å². The van der Waals surface area contributed by atoms with Gasteiger partial charge in [-0.15, -0.1) is 0 Å². The van der Waals surface area contributed by atoms with Crippen LogP contribution in [0.1, 0.15) is 0 Å². The summed E-state index contributed by atoms with van der Waals surface area (Å²) in [5.74, 6) is -0.224. The van der Waals surface area contributed by atoms with Crippen molar-refractivity contribution in [1.29, 1.82) is 0 Å². The molecule has 0 saturated heterocycles. The molecular formula is C20H14FN3O. The first-order valence-corrected chi connectivity index (χ1v) is 7.83. The summed E-state index contributed by atoms with van der Waals surface area (Å²) in [5, 5.41) is 3.55. The average molecular weight is 331 g/mol. The summed E-state index contributed by atoms with van der Waals surface area (Å²) >= 11 is 0. The number of para-hydroxylation sites is 3. The van der Waals surface area contributed by atoms with Gasteiger partial charge in [-0.2, -0.15) is 0 Å². The quantitative estimate of drug-likeness (QED) is 0.610. The molecule has 4 aromatic rings. The third kappa shape index (κ3) is 2.76. The van der Waals surface area contributed by atoms with Crippen molar-refractivity contribution in [3.05, 3.63) is 95.0 Å². The minimum atomic E-state index is -0.488. The van der Waals surface area contributed by atoms with E-state index >= 15 is 0 Å². The van der Waals surface area contributed by atoms with E-state index in [9.17, 15) is 9.18 Å². The van der Waals surface area contributed by atoms with E-state index in [1.54, 1.807) is 36.4 Å². The summed E-state index contributed by atoms with van der Waals surface area (Å²) in [6.45, 7) is 0. The molecule has 0 aliphatic heterocycles. The highest BCUT2D eigenvalue weighted by atomic mass is 19.1. The van der Waals surface area contributed by atoms with Crippen molar-refractivity contribution in [2.24, 2.45) is 0 Å². The predicted molar refractivity (Wildman–Crippen MR) is 97.0 cm³/mol. The minimum absolute atomic E-state index is 0.157. The maximum Gasteiger partial charge on any atom is 0.267 e. The summed E-state index contributed by atoms with van der Waals surface area (Å²) in [7, 11) is 0. The summed E-state index contributed by atoms with van der Waals surface area (Å²) in [6.07, 6.45) is 0.